The molecular formula is C24H42K2O4. The number of hydrogen-bond acceptors (Lipinski definition) is 4. The van der Waals surface area contributed by atoms with E-state index >= 15 is 0 Å². The molecule has 0 bridgehead atoms. The van der Waals surface area contributed by atoms with Crippen molar-refractivity contribution in [3.8, 4) is 0 Å². The molecule has 1 unspecified atom stereocenters. The predicted octanol–water partition coefficient (Wildman–Crippen LogP) is -1.29. The van der Waals surface area contributed by atoms with E-state index in [0.29, 0.717) is 0 Å². The smallest absolute Gasteiger partial charge is 0.550 e. The molecule has 0 heterocycles. The summed E-state index contributed by atoms with van der Waals surface area (Å²) in [6.07, 6.45) is 24.7. The van der Waals surface area contributed by atoms with E-state index in [9.17, 15) is 19.8 Å². The topological polar surface area (TPSA) is 80.3 Å². The van der Waals surface area contributed by atoms with E-state index in [1.165, 1.54) is 96.0 Å². The average Bonchev–Trinajstić information content (AvgIpc) is 2.65. The van der Waals surface area contributed by atoms with E-state index in [1.807, 2.05) is 0 Å². The van der Waals surface area contributed by atoms with Gasteiger partial charge in [-0.15, -0.1) is 0 Å². The standard InChI is InChI=1S/C24H44O4.2K/c1-2-3-4-5-6-7-8-9-10-11-12-13-14-15-16-17-18-19-20-22(24(27)28)21-23(25)26;;/h19-20,22H,2-18,21H2,1H3,(H,25,26)(H,27,28);;/q;2*+1/p-2. The number of unbranched alkanes of at least 4 members (excludes halogenated alkanes) is 16. The Morgan fingerprint density at radius 2 is 1.03 bits per heavy atom. The quantitative estimate of drug-likeness (QED) is 0.118. The Morgan fingerprint density at radius 3 is 1.37 bits per heavy atom. The first-order valence-electron chi connectivity index (χ1n) is 11.6. The first kappa shape index (κ1) is 36.5. The van der Waals surface area contributed by atoms with Crippen LogP contribution in [0.25, 0.3) is 0 Å². The van der Waals surface area contributed by atoms with Gasteiger partial charge in [-0.3, -0.25) is 0 Å². The molecule has 1 atom stereocenters. The maximum absolute atomic E-state index is 10.8. The van der Waals surface area contributed by atoms with Gasteiger partial charge in [0.2, 0.25) is 0 Å². The van der Waals surface area contributed by atoms with E-state index in [1.54, 1.807) is 6.08 Å². The molecule has 0 saturated carbocycles. The van der Waals surface area contributed by atoms with Crippen LogP contribution < -0.4 is 113 Å². The molecule has 164 valence electrons. The third kappa shape index (κ3) is 28.0. The van der Waals surface area contributed by atoms with Crippen molar-refractivity contribution in [2.45, 2.75) is 122 Å². The summed E-state index contributed by atoms with van der Waals surface area (Å²) < 4.78 is 0. The second-order valence-electron chi connectivity index (χ2n) is 8.02. The first-order valence-corrected chi connectivity index (χ1v) is 11.6. The summed E-state index contributed by atoms with van der Waals surface area (Å²) in [5.74, 6) is -3.79. The molecule has 0 N–H and O–H groups in total. The molecule has 0 aliphatic rings. The van der Waals surface area contributed by atoms with Gasteiger partial charge in [-0.25, -0.2) is 0 Å². The molecule has 0 aromatic heterocycles. The monoisotopic (exact) mass is 472 g/mol. The van der Waals surface area contributed by atoms with Gasteiger partial charge in [0.15, 0.2) is 0 Å². The Bertz CT molecular complexity index is 414. The fourth-order valence-corrected chi connectivity index (χ4v) is 3.48. The number of hydrogen-bond donors (Lipinski definition) is 0. The first-order chi connectivity index (χ1) is 13.6. The molecule has 0 fully saturated rings. The van der Waals surface area contributed by atoms with Crippen molar-refractivity contribution in [1.29, 1.82) is 0 Å². The Balaban J connectivity index is -0.00000364. The van der Waals surface area contributed by atoms with E-state index in [-0.39, 0.29) is 103 Å². The molecule has 30 heavy (non-hydrogen) atoms. The van der Waals surface area contributed by atoms with Crippen molar-refractivity contribution < 1.29 is 123 Å². The van der Waals surface area contributed by atoms with E-state index < -0.39 is 24.3 Å². The van der Waals surface area contributed by atoms with E-state index in [0.717, 1.165) is 19.3 Å². The van der Waals surface area contributed by atoms with Crippen LogP contribution in [0.2, 0.25) is 0 Å². The number of carboxylic acid groups (broad SMARTS) is 2. The van der Waals surface area contributed by atoms with Crippen molar-refractivity contribution in [3.05, 3.63) is 12.2 Å². The number of aliphatic carboxylic acids is 2. The van der Waals surface area contributed by atoms with Crippen LogP contribution in [-0.4, -0.2) is 11.9 Å². The maximum Gasteiger partial charge on any atom is 1.00 e. The van der Waals surface area contributed by atoms with Crippen molar-refractivity contribution >= 4 is 11.9 Å². The SMILES string of the molecule is CCCCCCCCCCCCCCCCCCC=CC(CC(=O)[O-])C(=O)[O-].[K+].[K+]. The fourth-order valence-electron chi connectivity index (χ4n) is 3.48. The Kier molecular flexibility index (Phi) is 35.3. The van der Waals surface area contributed by atoms with E-state index in [2.05, 4.69) is 6.92 Å². The normalized spacial score (nSPS) is 11.6. The van der Waals surface area contributed by atoms with Gasteiger partial charge in [-0.2, -0.15) is 0 Å². The summed E-state index contributed by atoms with van der Waals surface area (Å²) >= 11 is 0. The van der Waals surface area contributed by atoms with Gasteiger partial charge in [-0.1, -0.05) is 115 Å². The molecule has 0 amide bonds. The summed E-state index contributed by atoms with van der Waals surface area (Å²) in [7, 11) is 0. The van der Waals surface area contributed by atoms with E-state index in [4.69, 9.17) is 0 Å². The zero-order valence-electron chi connectivity index (χ0n) is 20.1. The van der Waals surface area contributed by atoms with Gasteiger partial charge in [0.25, 0.3) is 0 Å². The molecule has 0 aliphatic carbocycles. The van der Waals surface area contributed by atoms with Crippen LogP contribution in [0.4, 0.5) is 0 Å². The van der Waals surface area contributed by atoms with Crippen LogP contribution in [0.1, 0.15) is 122 Å². The van der Waals surface area contributed by atoms with Crippen LogP contribution in [0.5, 0.6) is 0 Å². The molecule has 0 spiro atoms. The van der Waals surface area contributed by atoms with Gasteiger partial charge in [0.05, 0.1) is 0 Å². The minimum Gasteiger partial charge on any atom is -0.550 e. The molecule has 0 radical (unpaired) electrons. The van der Waals surface area contributed by atoms with Crippen molar-refractivity contribution in [1.82, 2.24) is 0 Å². The zero-order valence-corrected chi connectivity index (χ0v) is 26.3. The van der Waals surface area contributed by atoms with Gasteiger partial charge >= 0.3 is 103 Å². The number of carboxylic acids is 2. The molecule has 0 aromatic carbocycles. The van der Waals surface area contributed by atoms with Crippen LogP contribution >= 0.6 is 0 Å². The van der Waals surface area contributed by atoms with Crippen molar-refractivity contribution in [3.63, 3.8) is 0 Å². The zero-order chi connectivity index (χ0) is 20.9. The third-order valence-electron chi connectivity index (χ3n) is 5.28. The molecule has 0 saturated heterocycles. The second kappa shape index (κ2) is 29.0. The van der Waals surface area contributed by atoms with Gasteiger partial charge in [0.1, 0.15) is 0 Å². The largest absolute Gasteiger partial charge is 1.00 e. The molecule has 0 aliphatic heterocycles. The number of carbonyl (C=O) groups is 2. The van der Waals surface area contributed by atoms with Crippen molar-refractivity contribution in [2.75, 3.05) is 0 Å². The van der Waals surface area contributed by atoms with Gasteiger partial charge < -0.3 is 19.8 Å². The molecule has 4 nitrogen and oxygen atoms in total. The predicted molar refractivity (Wildman–Crippen MR) is 111 cm³/mol. The molecule has 0 aromatic rings. The average molecular weight is 473 g/mol. The molecule has 0 rings (SSSR count). The fraction of sp³-hybridized carbons (Fsp3) is 0.833. The van der Waals surface area contributed by atoms with Crippen LogP contribution in [0, 0.1) is 5.92 Å². The number of carbonyl (C=O) groups excluding carboxylic acids is 2. The molecular weight excluding hydrogens is 430 g/mol. The Morgan fingerprint density at radius 1 is 0.667 bits per heavy atom. The van der Waals surface area contributed by atoms with Gasteiger partial charge in [0, 0.05) is 17.9 Å². The van der Waals surface area contributed by atoms with Crippen LogP contribution in [0.15, 0.2) is 12.2 Å². The minimum atomic E-state index is -1.36. The third-order valence-corrected chi connectivity index (χ3v) is 5.28. The Hall–Kier alpha value is 1.95. The van der Waals surface area contributed by atoms with Crippen LogP contribution in [-0.2, 0) is 9.59 Å². The summed E-state index contributed by atoms with van der Waals surface area (Å²) in [6.45, 7) is 2.26. The second-order valence-corrected chi connectivity index (χ2v) is 8.02. The number of allylic oxidation sites excluding steroid dienone is 1. The number of rotatable bonds is 21. The Labute approximate surface area is 270 Å². The van der Waals surface area contributed by atoms with Gasteiger partial charge in [-0.05, 0) is 19.3 Å². The van der Waals surface area contributed by atoms with Crippen LogP contribution in [0.3, 0.4) is 0 Å². The van der Waals surface area contributed by atoms with Crippen molar-refractivity contribution in [2.24, 2.45) is 5.92 Å². The maximum atomic E-state index is 10.8. The summed E-state index contributed by atoms with van der Waals surface area (Å²) in [5, 5.41) is 21.3. The minimum absolute atomic E-state index is 0. The molecule has 6 heteroatoms. The summed E-state index contributed by atoms with van der Waals surface area (Å²) in [5.41, 5.74) is 0. The summed E-state index contributed by atoms with van der Waals surface area (Å²) in [6, 6.07) is 0. The summed E-state index contributed by atoms with van der Waals surface area (Å²) in [4.78, 5) is 21.3.